The van der Waals surface area contributed by atoms with Crippen molar-refractivity contribution < 1.29 is 14.3 Å². The van der Waals surface area contributed by atoms with Crippen LogP contribution in [-0.2, 0) is 14.3 Å². The number of hydrogen-bond acceptors (Lipinski definition) is 3. The van der Waals surface area contributed by atoms with Crippen molar-refractivity contribution in [3.05, 3.63) is 12.2 Å². The summed E-state index contributed by atoms with van der Waals surface area (Å²) in [5.74, 6) is -1.11. The Balaban J connectivity index is 3.60. The third-order valence-corrected chi connectivity index (χ3v) is 0.798. The Bertz CT molecular complexity index is 174. The van der Waals surface area contributed by atoms with Crippen LogP contribution in [0.15, 0.2) is 12.2 Å². The van der Waals surface area contributed by atoms with Gasteiger partial charge < -0.3 is 10.5 Å². The fraction of sp³-hybridized carbons (Fsp3) is 0.333. The maximum absolute atomic E-state index is 10.2. The smallest absolute Gasteiger partial charge is 0.302 e. The zero-order valence-electron chi connectivity index (χ0n) is 5.72. The van der Waals surface area contributed by atoms with Gasteiger partial charge in [0.05, 0.1) is 0 Å². The molecule has 0 saturated carbocycles. The van der Waals surface area contributed by atoms with Crippen molar-refractivity contribution in [2.75, 3.05) is 6.61 Å². The predicted octanol–water partition coefficient (Wildman–Crippen LogP) is -0.409. The van der Waals surface area contributed by atoms with Gasteiger partial charge in [0, 0.05) is 12.5 Å². The molecule has 0 aliphatic rings. The van der Waals surface area contributed by atoms with E-state index < -0.39 is 11.9 Å². The Morgan fingerprint density at radius 1 is 1.60 bits per heavy atom. The lowest BCUT2D eigenvalue weighted by Crippen LogP contribution is -2.17. The van der Waals surface area contributed by atoms with Gasteiger partial charge in [-0.15, -0.1) is 0 Å². The van der Waals surface area contributed by atoms with Gasteiger partial charge in [0.25, 0.3) is 0 Å². The number of esters is 1. The Kier molecular flexibility index (Phi) is 3.17. The van der Waals surface area contributed by atoms with Gasteiger partial charge in [0.2, 0.25) is 5.91 Å². The molecule has 0 aromatic heterocycles. The summed E-state index contributed by atoms with van der Waals surface area (Å²) in [5, 5.41) is 0. The second-order valence-corrected chi connectivity index (χ2v) is 1.75. The molecule has 0 atom stereocenters. The lowest BCUT2D eigenvalue weighted by Gasteiger charge is -1.99. The Morgan fingerprint density at radius 2 is 2.10 bits per heavy atom. The topological polar surface area (TPSA) is 69.4 Å². The standard InChI is InChI=1S/C6H9NO3/c1-4(6(7)9)3-10-5(2)8/h1,3H2,2H3,(H2,7,9). The Morgan fingerprint density at radius 3 is 2.40 bits per heavy atom. The van der Waals surface area contributed by atoms with Crippen LogP contribution in [-0.4, -0.2) is 18.5 Å². The first-order chi connectivity index (χ1) is 4.54. The molecule has 0 aromatic carbocycles. The number of primary amides is 1. The van der Waals surface area contributed by atoms with E-state index in [4.69, 9.17) is 5.73 Å². The molecule has 0 bridgehead atoms. The normalized spacial score (nSPS) is 8.50. The Labute approximate surface area is 58.7 Å². The van der Waals surface area contributed by atoms with Gasteiger partial charge in [-0.25, -0.2) is 0 Å². The van der Waals surface area contributed by atoms with E-state index in [0.29, 0.717) is 0 Å². The second-order valence-electron chi connectivity index (χ2n) is 1.75. The van der Waals surface area contributed by atoms with Crippen LogP contribution in [0.3, 0.4) is 0 Å². The highest BCUT2D eigenvalue weighted by Gasteiger charge is 2.01. The number of ether oxygens (including phenoxy) is 1. The highest BCUT2D eigenvalue weighted by atomic mass is 16.5. The van der Waals surface area contributed by atoms with E-state index >= 15 is 0 Å². The van der Waals surface area contributed by atoms with Crippen LogP contribution in [0.25, 0.3) is 0 Å². The quantitative estimate of drug-likeness (QED) is 0.431. The van der Waals surface area contributed by atoms with Crippen LogP contribution in [0.2, 0.25) is 0 Å². The fourth-order valence-electron chi connectivity index (χ4n) is 0.260. The third-order valence-electron chi connectivity index (χ3n) is 0.798. The average Bonchev–Trinajstić information content (AvgIpc) is 1.82. The van der Waals surface area contributed by atoms with Crippen LogP contribution in [0.5, 0.6) is 0 Å². The first-order valence-corrected chi connectivity index (χ1v) is 2.65. The molecule has 0 aliphatic heterocycles. The van der Waals surface area contributed by atoms with Crippen molar-refractivity contribution in [3.63, 3.8) is 0 Å². The van der Waals surface area contributed by atoms with Crippen molar-refractivity contribution in [2.45, 2.75) is 6.92 Å². The zero-order valence-corrected chi connectivity index (χ0v) is 5.72. The maximum Gasteiger partial charge on any atom is 0.302 e. The van der Waals surface area contributed by atoms with Gasteiger partial charge in [-0.2, -0.15) is 0 Å². The Hall–Kier alpha value is -1.32. The molecule has 0 unspecified atom stereocenters. The first kappa shape index (κ1) is 8.68. The van der Waals surface area contributed by atoms with Gasteiger partial charge in [0.1, 0.15) is 6.61 Å². The molecule has 4 heteroatoms. The lowest BCUT2D eigenvalue weighted by molar-refractivity contribution is -0.140. The first-order valence-electron chi connectivity index (χ1n) is 2.65. The minimum atomic E-state index is -0.652. The number of carbonyl (C=O) groups excluding carboxylic acids is 2. The van der Waals surface area contributed by atoms with Crippen molar-refractivity contribution in [1.82, 2.24) is 0 Å². The second kappa shape index (κ2) is 3.66. The molecule has 0 heterocycles. The molecule has 0 aliphatic carbocycles. The van der Waals surface area contributed by atoms with Crippen LogP contribution in [0.4, 0.5) is 0 Å². The van der Waals surface area contributed by atoms with Crippen LogP contribution in [0, 0.1) is 0 Å². The molecule has 56 valence electrons. The third kappa shape index (κ3) is 3.65. The molecule has 0 aromatic rings. The molecule has 10 heavy (non-hydrogen) atoms. The lowest BCUT2D eigenvalue weighted by atomic mass is 10.3. The van der Waals surface area contributed by atoms with E-state index in [9.17, 15) is 9.59 Å². The maximum atomic E-state index is 10.2. The summed E-state index contributed by atoms with van der Waals surface area (Å²) >= 11 is 0. The van der Waals surface area contributed by atoms with Crippen molar-refractivity contribution >= 4 is 11.9 Å². The van der Waals surface area contributed by atoms with Crippen LogP contribution >= 0.6 is 0 Å². The number of carbonyl (C=O) groups is 2. The van der Waals surface area contributed by atoms with Gasteiger partial charge in [-0.05, 0) is 0 Å². The molecule has 0 saturated heterocycles. The number of amides is 1. The van der Waals surface area contributed by atoms with E-state index in [-0.39, 0.29) is 12.2 Å². The molecule has 0 radical (unpaired) electrons. The van der Waals surface area contributed by atoms with Crippen molar-refractivity contribution in [3.8, 4) is 0 Å². The highest BCUT2D eigenvalue weighted by Crippen LogP contribution is 1.89. The summed E-state index contributed by atoms with van der Waals surface area (Å²) in [6.45, 7) is 4.40. The summed E-state index contributed by atoms with van der Waals surface area (Å²) in [5.41, 5.74) is 4.89. The minimum Gasteiger partial charge on any atom is -0.461 e. The largest absolute Gasteiger partial charge is 0.461 e. The van der Waals surface area contributed by atoms with Gasteiger partial charge in [-0.1, -0.05) is 6.58 Å². The fourth-order valence-corrected chi connectivity index (χ4v) is 0.260. The summed E-state index contributed by atoms with van der Waals surface area (Å²) in [4.78, 5) is 20.4. The SMILES string of the molecule is C=C(COC(C)=O)C(N)=O. The van der Waals surface area contributed by atoms with E-state index in [1.165, 1.54) is 6.92 Å². The molecule has 0 spiro atoms. The van der Waals surface area contributed by atoms with Crippen molar-refractivity contribution in [2.24, 2.45) is 5.73 Å². The molecule has 4 nitrogen and oxygen atoms in total. The van der Waals surface area contributed by atoms with E-state index in [1.54, 1.807) is 0 Å². The predicted molar refractivity (Wildman–Crippen MR) is 35.0 cm³/mol. The zero-order chi connectivity index (χ0) is 8.15. The number of rotatable bonds is 3. The highest BCUT2D eigenvalue weighted by molar-refractivity contribution is 5.91. The molecular weight excluding hydrogens is 134 g/mol. The van der Waals surface area contributed by atoms with E-state index in [0.717, 1.165) is 0 Å². The van der Waals surface area contributed by atoms with E-state index in [1.807, 2.05) is 0 Å². The molecule has 0 fully saturated rings. The summed E-state index contributed by atoms with van der Waals surface area (Å²) in [7, 11) is 0. The number of hydrogen-bond donors (Lipinski definition) is 1. The van der Waals surface area contributed by atoms with Gasteiger partial charge in [0.15, 0.2) is 0 Å². The summed E-state index contributed by atoms with van der Waals surface area (Å²) < 4.78 is 4.43. The minimum absolute atomic E-state index is 0.0928. The van der Waals surface area contributed by atoms with Gasteiger partial charge in [-0.3, -0.25) is 9.59 Å². The number of nitrogens with two attached hydrogens (primary N) is 1. The molecular formula is C6H9NO3. The van der Waals surface area contributed by atoms with E-state index in [2.05, 4.69) is 11.3 Å². The van der Waals surface area contributed by atoms with Crippen molar-refractivity contribution in [1.29, 1.82) is 0 Å². The molecule has 2 N–H and O–H groups in total. The summed E-state index contributed by atoms with van der Waals surface area (Å²) in [6.07, 6.45) is 0. The monoisotopic (exact) mass is 143 g/mol. The summed E-state index contributed by atoms with van der Waals surface area (Å²) in [6, 6.07) is 0. The van der Waals surface area contributed by atoms with Gasteiger partial charge >= 0.3 is 5.97 Å². The molecule has 0 rings (SSSR count). The van der Waals surface area contributed by atoms with Crippen LogP contribution < -0.4 is 5.73 Å². The van der Waals surface area contributed by atoms with Crippen LogP contribution in [0.1, 0.15) is 6.92 Å². The molecule has 1 amide bonds. The average molecular weight is 143 g/mol.